The molecule has 0 aliphatic carbocycles. The minimum absolute atomic E-state index is 0.0512. The highest BCUT2D eigenvalue weighted by atomic mass is 32.2. The van der Waals surface area contributed by atoms with Crippen molar-refractivity contribution in [1.29, 1.82) is 0 Å². The number of hydrogen-bond acceptors (Lipinski definition) is 3. The molecule has 1 saturated heterocycles. The maximum absolute atomic E-state index is 12.6. The summed E-state index contributed by atoms with van der Waals surface area (Å²) in [4.78, 5) is 14.0. The van der Waals surface area contributed by atoms with E-state index in [1.165, 1.54) is 4.31 Å². The van der Waals surface area contributed by atoms with E-state index in [9.17, 15) is 13.2 Å². The Morgan fingerprint density at radius 1 is 1.09 bits per heavy atom. The number of carbonyl (C=O) groups excluding carboxylic acids is 1. The predicted octanol–water partition coefficient (Wildman–Crippen LogP) is 1.74. The SMILES string of the molecule is CCc1ccc(S(=O)(=O)N2CCN(C(=O)C(C)C)CC2)cc1. The number of rotatable bonds is 4. The fourth-order valence-corrected chi connectivity index (χ4v) is 3.98. The summed E-state index contributed by atoms with van der Waals surface area (Å²) < 4.78 is 26.7. The van der Waals surface area contributed by atoms with E-state index in [-0.39, 0.29) is 11.8 Å². The van der Waals surface area contributed by atoms with Gasteiger partial charge in [-0.3, -0.25) is 4.79 Å². The Balaban J connectivity index is 2.07. The zero-order valence-electron chi connectivity index (χ0n) is 13.4. The van der Waals surface area contributed by atoms with Gasteiger partial charge in [-0.05, 0) is 24.1 Å². The van der Waals surface area contributed by atoms with Gasteiger partial charge in [-0.15, -0.1) is 0 Å². The lowest BCUT2D eigenvalue weighted by atomic mass is 10.2. The van der Waals surface area contributed by atoms with Gasteiger partial charge in [0.2, 0.25) is 15.9 Å². The predicted molar refractivity (Wildman–Crippen MR) is 86.0 cm³/mol. The van der Waals surface area contributed by atoms with Crippen molar-refractivity contribution in [2.75, 3.05) is 26.2 Å². The number of piperazine rings is 1. The van der Waals surface area contributed by atoms with E-state index in [2.05, 4.69) is 0 Å². The van der Waals surface area contributed by atoms with Crippen molar-refractivity contribution < 1.29 is 13.2 Å². The number of amides is 1. The molecule has 1 aromatic rings. The average molecular weight is 324 g/mol. The molecule has 1 heterocycles. The number of hydrogen-bond donors (Lipinski definition) is 0. The van der Waals surface area contributed by atoms with Gasteiger partial charge in [0.15, 0.2) is 0 Å². The number of nitrogens with zero attached hydrogens (tertiary/aromatic N) is 2. The van der Waals surface area contributed by atoms with Gasteiger partial charge in [0.05, 0.1) is 4.90 Å². The van der Waals surface area contributed by atoms with Gasteiger partial charge in [0, 0.05) is 32.1 Å². The van der Waals surface area contributed by atoms with Gasteiger partial charge in [0.25, 0.3) is 0 Å². The summed E-state index contributed by atoms with van der Waals surface area (Å²) in [6, 6.07) is 7.04. The smallest absolute Gasteiger partial charge is 0.243 e. The van der Waals surface area contributed by atoms with Crippen LogP contribution in [0, 0.1) is 5.92 Å². The summed E-state index contributed by atoms with van der Waals surface area (Å²) in [6.07, 6.45) is 0.885. The minimum atomic E-state index is -3.46. The third-order valence-corrected chi connectivity index (χ3v) is 5.93. The highest BCUT2D eigenvalue weighted by molar-refractivity contribution is 7.89. The Bertz CT molecular complexity index is 615. The molecule has 1 amide bonds. The van der Waals surface area contributed by atoms with Crippen molar-refractivity contribution >= 4 is 15.9 Å². The standard InChI is InChI=1S/C16H24N2O3S/c1-4-14-5-7-15(8-6-14)22(20,21)18-11-9-17(10-12-18)16(19)13(2)3/h5-8,13H,4,9-12H2,1-3H3. The summed E-state index contributed by atoms with van der Waals surface area (Å²) in [7, 11) is -3.46. The van der Waals surface area contributed by atoms with Crippen LogP contribution in [0.5, 0.6) is 0 Å². The first-order valence-corrected chi connectivity index (χ1v) is 9.18. The molecule has 0 atom stereocenters. The van der Waals surface area contributed by atoms with Crippen LogP contribution in [0.15, 0.2) is 29.2 Å². The quantitative estimate of drug-likeness (QED) is 0.847. The maximum Gasteiger partial charge on any atom is 0.243 e. The Hall–Kier alpha value is -1.40. The topological polar surface area (TPSA) is 57.7 Å². The van der Waals surface area contributed by atoms with Crippen LogP contribution in [0.25, 0.3) is 0 Å². The van der Waals surface area contributed by atoms with Crippen LogP contribution in [0.1, 0.15) is 26.3 Å². The molecule has 1 fully saturated rings. The summed E-state index contributed by atoms with van der Waals surface area (Å²) in [5.74, 6) is 0.0362. The lowest BCUT2D eigenvalue weighted by Gasteiger charge is -2.34. The van der Waals surface area contributed by atoms with E-state index < -0.39 is 10.0 Å². The van der Waals surface area contributed by atoms with Gasteiger partial charge in [0.1, 0.15) is 0 Å². The Kier molecular flexibility index (Phi) is 5.24. The van der Waals surface area contributed by atoms with E-state index in [0.29, 0.717) is 31.1 Å². The van der Waals surface area contributed by atoms with Gasteiger partial charge < -0.3 is 4.90 Å². The molecular weight excluding hydrogens is 300 g/mol. The van der Waals surface area contributed by atoms with Crippen LogP contribution in [-0.4, -0.2) is 49.7 Å². The molecule has 0 saturated carbocycles. The van der Waals surface area contributed by atoms with Crippen LogP contribution in [0.2, 0.25) is 0 Å². The first-order chi connectivity index (χ1) is 10.4. The van der Waals surface area contributed by atoms with E-state index >= 15 is 0 Å². The second-order valence-electron chi connectivity index (χ2n) is 5.88. The van der Waals surface area contributed by atoms with Gasteiger partial charge >= 0.3 is 0 Å². The van der Waals surface area contributed by atoms with Crippen LogP contribution in [0.4, 0.5) is 0 Å². The zero-order chi connectivity index (χ0) is 16.3. The Labute approximate surface area is 133 Å². The maximum atomic E-state index is 12.6. The second-order valence-corrected chi connectivity index (χ2v) is 7.82. The number of benzene rings is 1. The molecule has 0 bridgehead atoms. The van der Waals surface area contributed by atoms with Crippen molar-refractivity contribution in [2.24, 2.45) is 5.92 Å². The third kappa shape index (κ3) is 3.50. The molecule has 6 heteroatoms. The molecule has 5 nitrogen and oxygen atoms in total. The molecule has 0 spiro atoms. The fraction of sp³-hybridized carbons (Fsp3) is 0.562. The molecule has 1 aliphatic rings. The highest BCUT2D eigenvalue weighted by Gasteiger charge is 2.30. The van der Waals surface area contributed by atoms with Crippen molar-refractivity contribution in [3.8, 4) is 0 Å². The van der Waals surface area contributed by atoms with E-state index in [0.717, 1.165) is 12.0 Å². The highest BCUT2D eigenvalue weighted by Crippen LogP contribution is 2.19. The summed E-state index contributed by atoms with van der Waals surface area (Å²) in [5.41, 5.74) is 1.12. The molecule has 1 aliphatic heterocycles. The number of carbonyl (C=O) groups is 1. The largest absolute Gasteiger partial charge is 0.340 e. The number of aryl methyl sites for hydroxylation is 1. The normalized spacial score (nSPS) is 17.0. The van der Waals surface area contributed by atoms with E-state index in [1.807, 2.05) is 32.9 Å². The van der Waals surface area contributed by atoms with Crippen LogP contribution < -0.4 is 0 Å². The molecule has 22 heavy (non-hydrogen) atoms. The van der Waals surface area contributed by atoms with Gasteiger partial charge in [-0.2, -0.15) is 4.31 Å². The van der Waals surface area contributed by atoms with Crippen molar-refractivity contribution in [3.05, 3.63) is 29.8 Å². The molecule has 0 radical (unpaired) electrons. The molecule has 0 N–H and O–H groups in total. The van der Waals surface area contributed by atoms with Crippen molar-refractivity contribution in [1.82, 2.24) is 9.21 Å². The minimum Gasteiger partial charge on any atom is -0.340 e. The molecule has 1 aromatic carbocycles. The van der Waals surface area contributed by atoms with E-state index in [4.69, 9.17) is 0 Å². The van der Waals surface area contributed by atoms with Crippen molar-refractivity contribution in [2.45, 2.75) is 32.1 Å². The summed E-state index contributed by atoms with van der Waals surface area (Å²) in [5, 5.41) is 0. The summed E-state index contributed by atoms with van der Waals surface area (Å²) >= 11 is 0. The molecule has 0 unspecified atom stereocenters. The molecule has 0 aromatic heterocycles. The van der Waals surface area contributed by atoms with Gasteiger partial charge in [-0.1, -0.05) is 32.9 Å². The second kappa shape index (κ2) is 6.79. The monoisotopic (exact) mass is 324 g/mol. The fourth-order valence-electron chi connectivity index (χ4n) is 2.56. The van der Waals surface area contributed by atoms with Crippen molar-refractivity contribution in [3.63, 3.8) is 0 Å². The molecule has 122 valence electrons. The first-order valence-electron chi connectivity index (χ1n) is 7.74. The van der Waals surface area contributed by atoms with Crippen LogP contribution >= 0.6 is 0 Å². The van der Waals surface area contributed by atoms with Crippen LogP contribution in [0.3, 0.4) is 0 Å². The first kappa shape index (κ1) is 17.0. The summed E-state index contributed by atoms with van der Waals surface area (Å²) in [6.45, 7) is 7.40. The molecular formula is C16H24N2O3S. The average Bonchev–Trinajstić information content (AvgIpc) is 2.54. The Morgan fingerprint density at radius 2 is 1.64 bits per heavy atom. The molecule has 2 rings (SSSR count). The Morgan fingerprint density at radius 3 is 2.09 bits per heavy atom. The zero-order valence-corrected chi connectivity index (χ0v) is 14.3. The van der Waals surface area contributed by atoms with E-state index in [1.54, 1.807) is 17.0 Å². The number of sulfonamides is 1. The lowest BCUT2D eigenvalue weighted by Crippen LogP contribution is -2.51. The van der Waals surface area contributed by atoms with Gasteiger partial charge in [-0.25, -0.2) is 8.42 Å². The lowest BCUT2D eigenvalue weighted by molar-refractivity contribution is -0.135. The van der Waals surface area contributed by atoms with Crippen LogP contribution in [-0.2, 0) is 21.2 Å². The third-order valence-electron chi connectivity index (χ3n) is 4.01.